The Morgan fingerprint density at radius 2 is 1.56 bits per heavy atom. The van der Waals surface area contributed by atoms with Crippen LogP contribution in [-0.2, 0) is 9.53 Å². The number of carbonyl (C=O) groups is 2. The minimum Gasteiger partial charge on any atom is -0.465 e. The molecule has 188 valence electrons. The molecule has 1 aliphatic heterocycles. The first-order valence-electron chi connectivity index (χ1n) is 12.5. The largest absolute Gasteiger partial charge is 0.465 e. The smallest absolute Gasteiger partial charge is 0.337 e. The molecule has 5 heteroatoms. The minimum absolute atomic E-state index is 0.0349. The Labute approximate surface area is 206 Å². The van der Waals surface area contributed by atoms with Crippen LogP contribution in [0.25, 0.3) is 0 Å². The summed E-state index contributed by atoms with van der Waals surface area (Å²) in [6.45, 7) is 14.5. The Morgan fingerprint density at radius 3 is 2.06 bits per heavy atom. The Kier molecular flexibility index (Phi) is 12.4. The molecule has 0 saturated carbocycles. The second kappa shape index (κ2) is 14.4. The van der Waals surface area contributed by atoms with Crippen molar-refractivity contribution < 1.29 is 14.3 Å². The summed E-state index contributed by atoms with van der Waals surface area (Å²) < 4.78 is 4.89. The van der Waals surface area contributed by atoms with Gasteiger partial charge in [0.15, 0.2) is 0 Å². The fraction of sp³-hybridized carbons (Fsp3) is 0.517. The van der Waals surface area contributed by atoms with Crippen LogP contribution >= 0.6 is 0 Å². The van der Waals surface area contributed by atoms with Crippen molar-refractivity contribution in [2.45, 2.75) is 86.1 Å². The van der Waals surface area contributed by atoms with E-state index < -0.39 is 0 Å². The summed E-state index contributed by atoms with van der Waals surface area (Å²) in [5.41, 5.74) is 11.8. The molecule has 1 heterocycles. The van der Waals surface area contributed by atoms with E-state index in [1.807, 2.05) is 25.1 Å². The van der Waals surface area contributed by atoms with Gasteiger partial charge in [0.2, 0.25) is 0 Å². The van der Waals surface area contributed by atoms with Gasteiger partial charge in [0, 0.05) is 17.3 Å². The maximum absolute atomic E-state index is 12.1. The lowest BCUT2D eigenvalue weighted by molar-refractivity contribution is -0.115. The van der Waals surface area contributed by atoms with Crippen LogP contribution in [0.1, 0.15) is 106 Å². The molecule has 0 radical (unpaired) electrons. The Balaban J connectivity index is 0.000000872. The third-order valence-corrected chi connectivity index (χ3v) is 5.43. The number of fused-ring (bicyclic) bond motifs is 1. The van der Waals surface area contributed by atoms with Crippen LogP contribution in [-0.4, -0.2) is 25.4 Å². The molecule has 2 unspecified atom stereocenters. The number of aryl methyl sites for hydroxylation is 1. The summed E-state index contributed by atoms with van der Waals surface area (Å²) in [7, 11) is 1.37. The van der Waals surface area contributed by atoms with Crippen LogP contribution in [0.15, 0.2) is 36.4 Å². The van der Waals surface area contributed by atoms with Gasteiger partial charge in [0.25, 0.3) is 0 Å². The van der Waals surface area contributed by atoms with Crippen molar-refractivity contribution in [1.29, 1.82) is 0 Å². The molecule has 3 rings (SSSR count). The molecule has 5 nitrogen and oxygen atoms in total. The van der Waals surface area contributed by atoms with Gasteiger partial charge in [-0.3, -0.25) is 4.79 Å². The second-order valence-electron chi connectivity index (χ2n) is 8.98. The normalized spacial score (nSPS) is 15.9. The van der Waals surface area contributed by atoms with Crippen LogP contribution in [0.4, 0.5) is 11.4 Å². The fourth-order valence-electron chi connectivity index (χ4n) is 4.28. The number of nitrogens with zero attached hydrogens (tertiary/aromatic N) is 1. The molecule has 0 saturated heterocycles. The molecule has 0 aliphatic carbocycles. The molecule has 34 heavy (non-hydrogen) atoms. The number of anilines is 2. The van der Waals surface area contributed by atoms with Gasteiger partial charge in [-0.05, 0) is 55.2 Å². The van der Waals surface area contributed by atoms with E-state index in [1.165, 1.54) is 20.0 Å². The molecule has 1 aliphatic rings. The molecule has 2 aromatic rings. The number of nitrogen functional groups attached to an aromatic ring is 1. The van der Waals surface area contributed by atoms with Crippen molar-refractivity contribution in [3.63, 3.8) is 0 Å². The summed E-state index contributed by atoms with van der Waals surface area (Å²) in [4.78, 5) is 26.3. The fourth-order valence-corrected chi connectivity index (χ4v) is 4.28. The zero-order chi connectivity index (χ0) is 25.8. The SMILES string of the molecule is CCC.CCC.CCCC1c2ccc(C(=O)OC)cc2N(CC(C)=O)C1c1ccc(C)cc1N. The summed E-state index contributed by atoms with van der Waals surface area (Å²) >= 11 is 0. The van der Waals surface area contributed by atoms with E-state index in [1.54, 1.807) is 13.0 Å². The van der Waals surface area contributed by atoms with Gasteiger partial charge in [0.1, 0.15) is 5.78 Å². The number of ketones is 1. The molecule has 0 aromatic heterocycles. The topological polar surface area (TPSA) is 72.6 Å². The van der Waals surface area contributed by atoms with E-state index in [-0.39, 0.29) is 30.3 Å². The number of Topliss-reactive ketones (excluding diaryl/α,β-unsaturated/α-hetero) is 1. The first kappa shape index (κ1) is 29.2. The van der Waals surface area contributed by atoms with Gasteiger partial charge in [-0.25, -0.2) is 4.79 Å². The van der Waals surface area contributed by atoms with Gasteiger partial charge in [-0.15, -0.1) is 0 Å². The Morgan fingerprint density at radius 1 is 0.971 bits per heavy atom. The highest BCUT2D eigenvalue weighted by Crippen LogP contribution is 2.52. The molecule has 0 bridgehead atoms. The number of hydrogen-bond acceptors (Lipinski definition) is 5. The van der Waals surface area contributed by atoms with Crippen molar-refractivity contribution in [3.05, 3.63) is 58.7 Å². The number of nitrogens with two attached hydrogens (primary N) is 1. The van der Waals surface area contributed by atoms with Gasteiger partial charge >= 0.3 is 5.97 Å². The van der Waals surface area contributed by atoms with E-state index in [0.29, 0.717) is 5.56 Å². The zero-order valence-corrected chi connectivity index (χ0v) is 22.4. The van der Waals surface area contributed by atoms with E-state index >= 15 is 0 Å². The van der Waals surface area contributed by atoms with Crippen LogP contribution in [0, 0.1) is 6.92 Å². The second-order valence-corrected chi connectivity index (χ2v) is 8.98. The lowest BCUT2D eigenvalue weighted by Gasteiger charge is -2.31. The van der Waals surface area contributed by atoms with Crippen molar-refractivity contribution in [2.75, 3.05) is 24.3 Å². The first-order valence-corrected chi connectivity index (χ1v) is 12.5. The number of benzene rings is 2. The molecule has 2 atom stereocenters. The maximum atomic E-state index is 12.1. The lowest BCUT2D eigenvalue weighted by Crippen LogP contribution is -2.32. The molecular formula is C29H44N2O3. The summed E-state index contributed by atoms with van der Waals surface area (Å²) in [6.07, 6.45) is 4.48. The van der Waals surface area contributed by atoms with E-state index in [0.717, 1.165) is 40.9 Å². The third kappa shape index (κ3) is 7.34. The number of rotatable bonds is 6. The Hall–Kier alpha value is -2.82. The van der Waals surface area contributed by atoms with E-state index in [9.17, 15) is 9.59 Å². The molecule has 0 amide bonds. The van der Waals surface area contributed by atoms with Crippen LogP contribution in [0.5, 0.6) is 0 Å². The van der Waals surface area contributed by atoms with Gasteiger partial charge in [0.05, 0.1) is 25.3 Å². The predicted molar refractivity (Wildman–Crippen MR) is 144 cm³/mol. The number of carbonyl (C=O) groups excluding carboxylic acids is 2. The third-order valence-electron chi connectivity index (χ3n) is 5.43. The highest BCUT2D eigenvalue weighted by atomic mass is 16.5. The lowest BCUT2D eigenvalue weighted by atomic mass is 9.85. The molecular weight excluding hydrogens is 424 g/mol. The van der Waals surface area contributed by atoms with Crippen molar-refractivity contribution >= 4 is 23.1 Å². The Bertz CT molecular complexity index is 937. The molecule has 0 fully saturated rings. The van der Waals surface area contributed by atoms with Crippen LogP contribution in [0.3, 0.4) is 0 Å². The average molecular weight is 469 g/mol. The molecule has 2 N–H and O–H groups in total. The van der Waals surface area contributed by atoms with Crippen molar-refractivity contribution in [3.8, 4) is 0 Å². The van der Waals surface area contributed by atoms with Crippen LogP contribution in [0.2, 0.25) is 0 Å². The highest BCUT2D eigenvalue weighted by molar-refractivity contribution is 5.92. The number of esters is 1. The summed E-state index contributed by atoms with van der Waals surface area (Å²) in [5.74, 6) is -0.103. The van der Waals surface area contributed by atoms with Gasteiger partial charge in [-0.1, -0.05) is 72.1 Å². The number of methoxy groups -OCH3 is 1. The van der Waals surface area contributed by atoms with Crippen molar-refractivity contribution in [1.82, 2.24) is 0 Å². The quantitative estimate of drug-likeness (QED) is 0.357. The predicted octanol–water partition coefficient (Wildman–Crippen LogP) is 7.23. The van der Waals surface area contributed by atoms with Gasteiger partial charge in [-0.2, -0.15) is 0 Å². The van der Waals surface area contributed by atoms with Crippen molar-refractivity contribution in [2.24, 2.45) is 0 Å². The molecule has 2 aromatic carbocycles. The monoisotopic (exact) mass is 468 g/mol. The van der Waals surface area contributed by atoms with Gasteiger partial charge < -0.3 is 15.4 Å². The van der Waals surface area contributed by atoms with E-state index in [4.69, 9.17) is 10.5 Å². The summed E-state index contributed by atoms with van der Waals surface area (Å²) in [6, 6.07) is 11.7. The number of hydrogen-bond donors (Lipinski definition) is 1. The summed E-state index contributed by atoms with van der Waals surface area (Å²) in [5, 5.41) is 0. The average Bonchev–Trinajstić information content (AvgIpc) is 3.06. The molecule has 0 spiro atoms. The van der Waals surface area contributed by atoms with Crippen LogP contribution < -0.4 is 10.6 Å². The van der Waals surface area contributed by atoms with E-state index in [2.05, 4.69) is 51.7 Å². The minimum atomic E-state index is -0.379. The standard InChI is InChI=1S/C23H28N2O3.2C3H8/c1-5-6-18-17-10-8-16(23(27)28-4)12-21(17)25(13-15(3)26)22(18)19-9-7-14(2)11-20(19)24;2*1-3-2/h7-12,18,22H,5-6,13,24H2,1-4H3;2*3H2,1-2H3. The highest BCUT2D eigenvalue weighted by Gasteiger charge is 2.40. The zero-order valence-electron chi connectivity index (χ0n) is 22.4. The maximum Gasteiger partial charge on any atom is 0.337 e. The first-order chi connectivity index (χ1) is 16.2. The number of ether oxygens (including phenoxy) is 1.